The van der Waals surface area contributed by atoms with Gasteiger partial charge in [0.1, 0.15) is 23.7 Å². The molecule has 2 aromatic carbocycles. The summed E-state index contributed by atoms with van der Waals surface area (Å²) in [6.07, 6.45) is 0. The van der Waals surface area contributed by atoms with Gasteiger partial charge in [0.25, 0.3) is 5.91 Å². The molecule has 1 amide bonds. The zero-order valence-corrected chi connectivity index (χ0v) is 16.4. The number of anilines is 1. The average Bonchev–Trinajstić information content (AvgIpc) is 3.35. The van der Waals surface area contributed by atoms with Gasteiger partial charge in [-0.15, -0.1) is 0 Å². The molecule has 0 aliphatic carbocycles. The van der Waals surface area contributed by atoms with E-state index in [9.17, 15) is 4.79 Å². The second-order valence-corrected chi connectivity index (χ2v) is 6.92. The minimum Gasteiger partial charge on any atom is -0.459 e. The van der Waals surface area contributed by atoms with Crippen molar-refractivity contribution in [2.45, 2.75) is 13.5 Å². The molecule has 0 aliphatic rings. The number of hydrogen-bond acceptors (Lipinski definition) is 5. The average molecular weight is 406 g/mol. The standard InChI is InChI=1S/C22H18N2O4S/c1-13-10-15(6-8-17(13)19-9-7-16(12-25)27-19)23-22(29)24-21(26)20-11-14-4-2-3-5-18(14)28-20/h2-11,25H,12H2,1H3,(H2,23,24,26,29). The molecule has 4 aromatic rings. The second kappa shape index (κ2) is 7.90. The van der Waals surface area contributed by atoms with Crippen LogP contribution in [0.2, 0.25) is 0 Å². The summed E-state index contributed by atoms with van der Waals surface area (Å²) in [6, 6.07) is 18.3. The molecule has 2 heterocycles. The number of furan rings is 2. The van der Waals surface area contributed by atoms with Crippen molar-refractivity contribution in [2.75, 3.05) is 5.32 Å². The zero-order valence-electron chi connectivity index (χ0n) is 15.6. The molecule has 6 nitrogen and oxygen atoms in total. The predicted molar refractivity (Wildman–Crippen MR) is 115 cm³/mol. The Morgan fingerprint density at radius 1 is 1.07 bits per heavy atom. The molecule has 0 saturated heterocycles. The van der Waals surface area contributed by atoms with Crippen LogP contribution in [-0.4, -0.2) is 16.1 Å². The van der Waals surface area contributed by atoms with Gasteiger partial charge in [0.15, 0.2) is 10.9 Å². The fourth-order valence-electron chi connectivity index (χ4n) is 3.05. The number of hydrogen-bond donors (Lipinski definition) is 3. The van der Waals surface area contributed by atoms with Crippen LogP contribution in [0.3, 0.4) is 0 Å². The number of rotatable bonds is 4. The lowest BCUT2D eigenvalue weighted by atomic mass is 10.1. The third-order valence-electron chi connectivity index (χ3n) is 4.44. The first kappa shape index (κ1) is 18.9. The van der Waals surface area contributed by atoms with Crippen LogP contribution in [0.4, 0.5) is 5.69 Å². The highest BCUT2D eigenvalue weighted by Crippen LogP contribution is 2.28. The number of benzene rings is 2. The van der Waals surface area contributed by atoms with E-state index in [2.05, 4.69) is 10.6 Å². The van der Waals surface area contributed by atoms with E-state index in [1.165, 1.54) is 0 Å². The summed E-state index contributed by atoms with van der Waals surface area (Å²) in [6.45, 7) is 1.80. The minimum atomic E-state index is -0.417. The SMILES string of the molecule is Cc1cc(NC(=S)NC(=O)c2cc3ccccc3o2)ccc1-c1ccc(CO)o1. The van der Waals surface area contributed by atoms with Crippen LogP contribution in [0.25, 0.3) is 22.3 Å². The highest BCUT2D eigenvalue weighted by molar-refractivity contribution is 7.80. The van der Waals surface area contributed by atoms with E-state index >= 15 is 0 Å². The van der Waals surface area contributed by atoms with Crippen LogP contribution in [0.5, 0.6) is 0 Å². The van der Waals surface area contributed by atoms with Crippen molar-refractivity contribution in [3.63, 3.8) is 0 Å². The van der Waals surface area contributed by atoms with E-state index in [0.717, 1.165) is 22.2 Å². The fourth-order valence-corrected chi connectivity index (χ4v) is 3.26. The monoisotopic (exact) mass is 406 g/mol. The smallest absolute Gasteiger partial charge is 0.293 e. The Labute approximate surface area is 172 Å². The van der Waals surface area contributed by atoms with Crippen LogP contribution in [0, 0.1) is 6.92 Å². The lowest BCUT2D eigenvalue weighted by Gasteiger charge is -2.11. The molecule has 0 fully saturated rings. The highest BCUT2D eigenvalue weighted by Gasteiger charge is 2.14. The molecule has 0 radical (unpaired) electrons. The number of fused-ring (bicyclic) bond motifs is 1. The van der Waals surface area contributed by atoms with Gasteiger partial charge in [-0.2, -0.15) is 0 Å². The van der Waals surface area contributed by atoms with Crippen LogP contribution in [0.15, 0.2) is 69.5 Å². The summed E-state index contributed by atoms with van der Waals surface area (Å²) in [5, 5.41) is 15.8. The van der Waals surface area contributed by atoms with Gasteiger partial charge in [-0.1, -0.05) is 18.2 Å². The summed E-state index contributed by atoms with van der Waals surface area (Å²) in [5.41, 5.74) is 3.24. The van der Waals surface area contributed by atoms with E-state index in [-0.39, 0.29) is 17.5 Å². The van der Waals surface area contributed by atoms with Crippen LogP contribution >= 0.6 is 12.2 Å². The number of aryl methyl sites for hydroxylation is 1. The molecule has 0 aliphatic heterocycles. The molecule has 146 valence electrons. The molecule has 0 bridgehead atoms. The summed E-state index contributed by atoms with van der Waals surface area (Å²) in [5.74, 6) is 0.966. The quantitative estimate of drug-likeness (QED) is 0.429. The molecule has 3 N–H and O–H groups in total. The number of aliphatic hydroxyl groups excluding tert-OH is 1. The summed E-state index contributed by atoms with van der Waals surface area (Å²) in [7, 11) is 0. The fraction of sp³-hybridized carbons (Fsp3) is 0.0909. The maximum absolute atomic E-state index is 12.4. The third kappa shape index (κ3) is 4.06. The topological polar surface area (TPSA) is 87.6 Å². The van der Waals surface area contributed by atoms with Gasteiger partial charge in [0, 0.05) is 16.6 Å². The van der Waals surface area contributed by atoms with E-state index in [1.807, 2.05) is 49.4 Å². The maximum atomic E-state index is 12.4. The van der Waals surface area contributed by atoms with Gasteiger partial charge in [-0.05, 0) is 67.2 Å². The normalized spacial score (nSPS) is 10.8. The Morgan fingerprint density at radius 3 is 2.62 bits per heavy atom. The molecular formula is C22H18N2O4S. The third-order valence-corrected chi connectivity index (χ3v) is 4.65. The van der Waals surface area contributed by atoms with E-state index < -0.39 is 5.91 Å². The molecule has 0 unspecified atom stereocenters. The number of amides is 1. The van der Waals surface area contributed by atoms with E-state index in [4.69, 9.17) is 26.2 Å². The Kier molecular flexibility index (Phi) is 5.16. The minimum absolute atomic E-state index is 0.141. The summed E-state index contributed by atoms with van der Waals surface area (Å²) >= 11 is 5.25. The summed E-state index contributed by atoms with van der Waals surface area (Å²) < 4.78 is 11.1. The van der Waals surface area contributed by atoms with Crippen molar-refractivity contribution in [1.29, 1.82) is 0 Å². The molecule has 29 heavy (non-hydrogen) atoms. The number of aliphatic hydroxyl groups is 1. The van der Waals surface area contributed by atoms with Crippen molar-refractivity contribution in [3.05, 3.63) is 77.7 Å². The highest BCUT2D eigenvalue weighted by atomic mass is 32.1. The molecular weight excluding hydrogens is 388 g/mol. The maximum Gasteiger partial charge on any atom is 0.293 e. The number of para-hydroxylation sites is 1. The van der Waals surface area contributed by atoms with E-state index in [0.29, 0.717) is 17.1 Å². The summed E-state index contributed by atoms with van der Waals surface area (Å²) in [4.78, 5) is 12.4. The number of carbonyl (C=O) groups excluding carboxylic acids is 1. The predicted octanol–water partition coefficient (Wildman–Crippen LogP) is 4.62. The molecule has 0 atom stereocenters. The van der Waals surface area contributed by atoms with Crippen molar-refractivity contribution >= 4 is 39.9 Å². The lowest BCUT2D eigenvalue weighted by molar-refractivity contribution is 0.0953. The van der Waals surface area contributed by atoms with Crippen LogP contribution < -0.4 is 10.6 Å². The molecule has 0 spiro atoms. The van der Waals surface area contributed by atoms with Gasteiger partial charge < -0.3 is 19.3 Å². The van der Waals surface area contributed by atoms with Gasteiger partial charge >= 0.3 is 0 Å². The number of carbonyl (C=O) groups is 1. The van der Waals surface area contributed by atoms with Crippen LogP contribution in [0.1, 0.15) is 21.9 Å². The zero-order chi connectivity index (χ0) is 20.4. The van der Waals surface area contributed by atoms with Gasteiger partial charge in [0.05, 0.1) is 0 Å². The first-order chi connectivity index (χ1) is 14.0. The Hall–Kier alpha value is -3.42. The first-order valence-electron chi connectivity index (χ1n) is 8.95. The van der Waals surface area contributed by atoms with Crippen LogP contribution in [-0.2, 0) is 6.61 Å². The molecule has 7 heteroatoms. The molecule has 2 aromatic heterocycles. The van der Waals surface area contributed by atoms with Crippen molar-refractivity contribution < 1.29 is 18.7 Å². The number of thiocarbonyl (C=S) groups is 1. The Bertz CT molecular complexity index is 1180. The largest absolute Gasteiger partial charge is 0.459 e. The Balaban J connectivity index is 1.43. The second-order valence-electron chi connectivity index (χ2n) is 6.51. The van der Waals surface area contributed by atoms with Crippen molar-refractivity contribution in [2.24, 2.45) is 0 Å². The van der Waals surface area contributed by atoms with Gasteiger partial charge in [-0.3, -0.25) is 10.1 Å². The molecule has 0 saturated carbocycles. The Morgan fingerprint density at radius 2 is 1.90 bits per heavy atom. The van der Waals surface area contributed by atoms with Crippen molar-refractivity contribution in [1.82, 2.24) is 5.32 Å². The number of nitrogens with one attached hydrogen (secondary N) is 2. The van der Waals surface area contributed by atoms with E-state index in [1.54, 1.807) is 18.2 Å². The lowest BCUT2D eigenvalue weighted by Crippen LogP contribution is -2.33. The first-order valence-corrected chi connectivity index (χ1v) is 9.36. The van der Waals surface area contributed by atoms with Gasteiger partial charge in [0.2, 0.25) is 0 Å². The van der Waals surface area contributed by atoms with Gasteiger partial charge in [-0.25, -0.2) is 0 Å². The van der Waals surface area contributed by atoms with Crippen molar-refractivity contribution in [3.8, 4) is 11.3 Å². The molecule has 4 rings (SSSR count).